The van der Waals surface area contributed by atoms with Crippen LogP contribution in [-0.4, -0.2) is 55.9 Å². The molecule has 1 fully saturated rings. The Labute approximate surface area is 132 Å². The standard InChI is InChI=1S/C15H26N2O4S/c1-15(2,3)21-14(18)17-8-5-4-6-13(17)10-16-12-7-9-22(19,20)11-12/h7,9,12-13,16H,4-6,8,10-11H2,1-3H3. The van der Waals surface area contributed by atoms with Crippen LogP contribution in [0.1, 0.15) is 40.0 Å². The smallest absolute Gasteiger partial charge is 0.410 e. The van der Waals surface area contributed by atoms with Gasteiger partial charge in [-0.3, -0.25) is 0 Å². The third-order valence-electron chi connectivity index (χ3n) is 3.80. The van der Waals surface area contributed by atoms with Crippen LogP contribution < -0.4 is 5.32 Å². The lowest BCUT2D eigenvalue weighted by Gasteiger charge is -2.37. The first-order chi connectivity index (χ1) is 10.2. The molecule has 1 N–H and O–H groups in total. The van der Waals surface area contributed by atoms with Crippen molar-refractivity contribution in [1.82, 2.24) is 10.2 Å². The van der Waals surface area contributed by atoms with E-state index in [0.717, 1.165) is 19.3 Å². The molecule has 2 unspecified atom stereocenters. The number of rotatable bonds is 3. The summed E-state index contributed by atoms with van der Waals surface area (Å²) >= 11 is 0. The minimum atomic E-state index is -3.05. The molecule has 6 nitrogen and oxygen atoms in total. The third-order valence-corrected chi connectivity index (χ3v) is 5.20. The molecule has 0 saturated carbocycles. The summed E-state index contributed by atoms with van der Waals surface area (Å²) < 4.78 is 28.3. The quantitative estimate of drug-likeness (QED) is 0.852. The van der Waals surface area contributed by atoms with Gasteiger partial charge in [0.25, 0.3) is 0 Å². The Morgan fingerprint density at radius 2 is 2.09 bits per heavy atom. The third kappa shape index (κ3) is 4.98. The van der Waals surface area contributed by atoms with E-state index in [4.69, 9.17) is 4.74 Å². The van der Waals surface area contributed by atoms with Gasteiger partial charge >= 0.3 is 6.09 Å². The van der Waals surface area contributed by atoms with Crippen molar-refractivity contribution < 1.29 is 17.9 Å². The van der Waals surface area contributed by atoms with Gasteiger partial charge in [-0.15, -0.1) is 0 Å². The van der Waals surface area contributed by atoms with E-state index >= 15 is 0 Å². The summed E-state index contributed by atoms with van der Waals surface area (Å²) in [7, 11) is -3.05. The summed E-state index contributed by atoms with van der Waals surface area (Å²) in [6.07, 6.45) is 4.36. The molecule has 2 aliphatic rings. The zero-order valence-electron chi connectivity index (χ0n) is 13.5. The number of hydrogen-bond acceptors (Lipinski definition) is 5. The zero-order chi connectivity index (χ0) is 16.4. The van der Waals surface area contributed by atoms with E-state index in [2.05, 4.69) is 5.32 Å². The van der Waals surface area contributed by atoms with Gasteiger partial charge in [0, 0.05) is 30.6 Å². The van der Waals surface area contributed by atoms with Gasteiger partial charge in [-0.1, -0.05) is 6.08 Å². The Bertz CT molecular complexity index is 536. The van der Waals surface area contributed by atoms with Crippen molar-refractivity contribution >= 4 is 15.9 Å². The first-order valence-electron chi connectivity index (χ1n) is 7.80. The first-order valence-corrected chi connectivity index (χ1v) is 9.52. The van der Waals surface area contributed by atoms with Crippen molar-refractivity contribution in [3.63, 3.8) is 0 Å². The molecule has 0 spiro atoms. The lowest BCUT2D eigenvalue weighted by atomic mass is 10.0. The molecule has 0 aliphatic carbocycles. The van der Waals surface area contributed by atoms with Gasteiger partial charge in [-0.2, -0.15) is 0 Å². The minimum absolute atomic E-state index is 0.0558. The highest BCUT2D eigenvalue weighted by molar-refractivity contribution is 7.94. The fraction of sp³-hybridized carbons (Fsp3) is 0.800. The van der Waals surface area contributed by atoms with E-state index < -0.39 is 15.4 Å². The number of amides is 1. The minimum Gasteiger partial charge on any atom is -0.444 e. The maximum Gasteiger partial charge on any atom is 0.410 e. The molecular weight excluding hydrogens is 304 g/mol. The molecule has 2 rings (SSSR count). The highest BCUT2D eigenvalue weighted by Crippen LogP contribution is 2.20. The van der Waals surface area contributed by atoms with E-state index in [0.29, 0.717) is 13.1 Å². The van der Waals surface area contributed by atoms with Gasteiger partial charge in [-0.05, 0) is 40.0 Å². The van der Waals surface area contributed by atoms with Crippen molar-refractivity contribution in [3.8, 4) is 0 Å². The molecular formula is C15H26N2O4S. The number of hydrogen-bond donors (Lipinski definition) is 1. The molecule has 7 heteroatoms. The predicted octanol–water partition coefficient (Wildman–Crippen LogP) is 1.68. The fourth-order valence-corrected chi connectivity index (χ4v) is 4.03. The van der Waals surface area contributed by atoms with E-state index in [1.165, 1.54) is 5.41 Å². The van der Waals surface area contributed by atoms with Crippen molar-refractivity contribution in [3.05, 3.63) is 11.5 Å². The Morgan fingerprint density at radius 1 is 1.36 bits per heavy atom. The monoisotopic (exact) mass is 330 g/mol. The molecule has 0 aromatic carbocycles. The molecule has 2 heterocycles. The van der Waals surface area contributed by atoms with E-state index in [-0.39, 0.29) is 23.9 Å². The SMILES string of the molecule is CC(C)(C)OC(=O)N1CCCCC1CNC1C=CS(=O)(=O)C1. The second-order valence-corrected chi connectivity index (χ2v) is 8.93. The highest BCUT2D eigenvalue weighted by atomic mass is 32.2. The van der Waals surface area contributed by atoms with Crippen LogP contribution in [0.25, 0.3) is 0 Å². The molecule has 0 aromatic rings. The summed E-state index contributed by atoms with van der Waals surface area (Å²) in [5.74, 6) is 0.103. The average molecular weight is 330 g/mol. The maximum absolute atomic E-state index is 12.3. The van der Waals surface area contributed by atoms with Crippen LogP contribution >= 0.6 is 0 Å². The molecule has 126 valence electrons. The van der Waals surface area contributed by atoms with Crippen LogP contribution in [0.4, 0.5) is 4.79 Å². The highest BCUT2D eigenvalue weighted by Gasteiger charge is 2.31. The number of piperidine rings is 1. The van der Waals surface area contributed by atoms with E-state index in [1.54, 1.807) is 11.0 Å². The van der Waals surface area contributed by atoms with Gasteiger partial charge in [-0.25, -0.2) is 13.2 Å². The van der Waals surface area contributed by atoms with Crippen LogP contribution in [-0.2, 0) is 14.6 Å². The Balaban J connectivity index is 1.90. The van der Waals surface area contributed by atoms with Crippen molar-refractivity contribution in [2.75, 3.05) is 18.8 Å². The lowest BCUT2D eigenvalue weighted by Crippen LogP contribution is -2.51. The second kappa shape index (κ2) is 6.58. The van der Waals surface area contributed by atoms with E-state index in [1.807, 2.05) is 20.8 Å². The maximum atomic E-state index is 12.3. The van der Waals surface area contributed by atoms with Gasteiger partial charge in [0.2, 0.25) is 0 Å². The van der Waals surface area contributed by atoms with Crippen molar-refractivity contribution in [1.29, 1.82) is 0 Å². The van der Waals surface area contributed by atoms with Crippen LogP contribution in [0.2, 0.25) is 0 Å². The van der Waals surface area contributed by atoms with Gasteiger partial charge in [0.15, 0.2) is 9.84 Å². The lowest BCUT2D eigenvalue weighted by molar-refractivity contribution is 0.00984. The number of likely N-dealkylation sites (tertiary alicyclic amines) is 1. The first kappa shape index (κ1) is 17.3. The summed E-state index contributed by atoms with van der Waals surface area (Å²) in [6, 6.07) is -0.104. The molecule has 1 saturated heterocycles. The number of nitrogens with one attached hydrogen (secondary N) is 1. The number of carbonyl (C=O) groups excluding carboxylic acids is 1. The van der Waals surface area contributed by atoms with Gasteiger partial charge in [0.05, 0.1) is 5.75 Å². The summed E-state index contributed by atoms with van der Waals surface area (Å²) in [5, 5.41) is 4.50. The molecule has 2 aliphatic heterocycles. The fourth-order valence-electron chi connectivity index (χ4n) is 2.76. The number of carbonyl (C=O) groups is 1. The summed E-state index contributed by atoms with van der Waals surface area (Å²) in [6.45, 7) is 6.85. The van der Waals surface area contributed by atoms with Gasteiger partial charge < -0.3 is 15.0 Å². The van der Waals surface area contributed by atoms with Crippen LogP contribution in [0.5, 0.6) is 0 Å². The number of nitrogens with zero attached hydrogens (tertiary/aromatic N) is 1. The Kier molecular flexibility index (Phi) is 5.17. The molecule has 0 bridgehead atoms. The van der Waals surface area contributed by atoms with Crippen LogP contribution in [0.3, 0.4) is 0 Å². The molecule has 22 heavy (non-hydrogen) atoms. The zero-order valence-corrected chi connectivity index (χ0v) is 14.4. The predicted molar refractivity (Wildman–Crippen MR) is 85.3 cm³/mol. The average Bonchev–Trinajstić information content (AvgIpc) is 2.74. The molecule has 1 amide bonds. The second-order valence-electron chi connectivity index (χ2n) is 7.00. The number of ether oxygens (including phenoxy) is 1. The topological polar surface area (TPSA) is 75.7 Å². The van der Waals surface area contributed by atoms with Crippen LogP contribution in [0, 0.1) is 0 Å². The van der Waals surface area contributed by atoms with E-state index in [9.17, 15) is 13.2 Å². The normalized spacial score (nSPS) is 27.9. The Morgan fingerprint density at radius 3 is 2.68 bits per heavy atom. The molecule has 2 atom stereocenters. The Hall–Kier alpha value is -1.08. The molecule has 0 aromatic heterocycles. The van der Waals surface area contributed by atoms with Crippen molar-refractivity contribution in [2.45, 2.75) is 57.7 Å². The van der Waals surface area contributed by atoms with Crippen LogP contribution in [0.15, 0.2) is 11.5 Å². The van der Waals surface area contributed by atoms with Gasteiger partial charge in [0.1, 0.15) is 5.60 Å². The summed E-state index contributed by atoms with van der Waals surface area (Å²) in [5.41, 5.74) is -0.505. The summed E-state index contributed by atoms with van der Waals surface area (Å²) in [4.78, 5) is 14.1. The molecule has 0 radical (unpaired) electrons. The number of sulfone groups is 1. The largest absolute Gasteiger partial charge is 0.444 e. The van der Waals surface area contributed by atoms with Crippen molar-refractivity contribution in [2.24, 2.45) is 0 Å².